The molecule has 8 heteroatoms. The second kappa shape index (κ2) is 12.1. The van der Waals surface area contributed by atoms with E-state index in [0.717, 1.165) is 33.7 Å². The molecular weight excluding hydrogens is 506 g/mol. The Morgan fingerprint density at radius 1 is 0.795 bits per heavy atom. The Labute approximate surface area is 231 Å². The van der Waals surface area contributed by atoms with Gasteiger partial charge in [0.15, 0.2) is 11.0 Å². The van der Waals surface area contributed by atoms with Crippen molar-refractivity contribution in [3.63, 3.8) is 0 Å². The SMILES string of the molecule is C=C(NNC(=O)CSc1nnc(-c2ccccc2)n1-c1ccc(OC)cc1)c1ccc(-c2ccccc2)cc1. The molecular formula is C31H27N5O2S. The maximum Gasteiger partial charge on any atom is 0.248 e. The highest BCUT2D eigenvalue weighted by Crippen LogP contribution is 2.29. The first kappa shape index (κ1) is 25.8. The molecule has 4 aromatic carbocycles. The largest absolute Gasteiger partial charge is 0.497 e. The number of aromatic nitrogens is 3. The third-order valence-electron chi connectivity index (χ3n) is 6.02. The second-order valence-corrected chi connectivity index (χ2v) is 9.53. The van der Waals surface area contributed by atoms with E-state index in [0.29, 0.717) is 16.7 Å². The van der Waals surface area contributed by atoms with Gasteiger partial charge in [0.25, 0.3) is 0 Å². The number of hydrogen-bond donors (Lipinski definition) is 2. The third kappa shape index (κ3) is 6.19. The van der Waals surface area contributed by atoms with Crippen molar-refractivity contribution < 1.29 is 9.53 Å². The van der Waals surface area contributed by atoms with Crippen LogP contribution in [0.5, 0.6) is 5.75 Å². The molecule has 1 amide bonds. The number of hydrogen-bond acceptors (Lipinski definition) is 6. The van der Waals surface area contributed by atoms with Crippen LogP contribution in [0.25, 0.3) is 33.9 Å². The highest BCUT2D eigenvalue weighted by Gasteiger charge is 2.17. The number of benzene rings is 4. The van der Waals surface area contributed by atoms with Crippen LogP contribution in [0.2, 0.25) is 0 Å². The van der Waals surface area contributed by atoms with Gasteiger partial charge in [-0.15, -0.1) is 10.2 Å². The van der Waals surface area contributed by atoms with Crippen molar-refractivity contribution in [2.75, 3.05) is 12.9 Å². The second-order valence-electron chi connectivity index (χ2n) is 8.59. The van der Waals surface area contributed by atoms with Gasteiger partial charge < -0.3 is 4.74 Å². The van der Waals surface area contributed by atoms with E-state index in [4.69, 9.17) is 4.74 Å². The van der Waals surface area contributed by atoms with Crippen LogP contribution < -0.4 is 15.6 Å². The molecule has 0 saturated carbocycles. The first-order chi connectivity index (χ1) is 19.1. The molecule has 5 aromatic rings. The molecule has 194 valence electrons. The Balaban J connectivity index is 1.24. The molecule has 0 aliphatic carbocycles. The minimum atomic E-state index is -0.215. The summed E-state index contributed by atoms with van der Waals surface area (Å²) in [4.78, 5) is 12.7. The van der Waals surface area contributed by atoms with Gasteiger partial charge in [-0.2, -0.15) is 0 Å². The van der Waals surface area contributed by atoms with Gasteiger partial charge in [0, 0.05) is 11.3 Å². The Hall–Kier alpha value is -4.82. The smallest absolute Gasteiger partial charge is 0.248 e. The van der Waals surface area contributed by atoms with E-state index in [1.165, 1.54) is 11.8 Å². The van der Waals surface area contributed by atoms with E-state index in [2.05, 4.69) is 39.8 Å². The van der Waals surface area contributed by atoms with E-state index >= 15 is 0 Å². The maximum atomic E-state index is 12.7. The monoisotopic (exact) mass is 533 g/mol. The Morgan fingerprint density at radius 2 is 1.41 bits per heavy atom. The summed E-state index contributed by atoms with van der Waals surface area (Å²) < 4.78 is 7.24. The number of thioether (sulfide) groups is 1. The van der Waals surface area contributed by atoms with Gasteiger partial charge in [-0.3, -0.25) is 20.2 Å². The van der Waals surface area contributed by atoms with Crippen LogP contribution in [0.15, 0.2) is 121 Å². The zero-order chi connectivity index (χ0) is 27.0. The van der Waals surface area contributed by atoms with E-state index < -0.39 is 0 Å². The minimum absolute atomic E-state index is 0.135. The molecule has 0 unspecified atom stereocenters. The molecule has 39 heavy (non-hydrogen) atoms. The highest BCUT2D eigenvalue weighted by molar-refractivity contribution is 7.99. The zero-order valence-electron chi connectivity index (χ0n) is 21.4. The average Bonchev–Trinajstić information content (AvgIpc) is 3.44. The summed E-state index contributed by atoms with van der Waals surface area (Å²) in [6, 6.07) is 35.6. The predicted octanol–water partition coefficient (Wildman–Crippen LogP) is 5.99. The van der Waals surface area contributed by atoms with Crippen molar-refractivity contribution in [2.24, 2.45) is 0 Å². The highest BCUT2D eigenvalue weighted by atomic mass is 32.2. The number of carbonyl (C=O) groups is 1. The fourth-order valence-corrected chi connectivity index (χ4v) is 4.73. The van der Waals surface area contributed by atoms with Gasteiger partial charge in [-0.25, -0.2) is 0 Å². The predicted molar refractivity (Wildman–Crippen MR) is 156 cm³/mol. The summed E-state index contributed by atoms with van der Waals surface area (Å²) in [5, 5.41) is 9.41. The minimum Gasteiger partial charge on any atom is -0.497 e. The van der Waals surface area contributed by atoms with Gasteiger partial charge in [-0.1, -0.05) is 103 Å². The Bertz CT molecular complexity index is 1550. The summed E-state index contributed by atoms with van der Waals surface area (Å²) in [7, 11) is 1.63. The van der Waals surface area contributed by atoms with Crippen molar-refractivity contribution >= 4 is 23.4 Å². The number of carbonyl (C=O) groups excluding carboxylic acids is 1. The summed E-state index contributed by atoms with van der Waals surface area (Å²) in [5.41, 5.74) is 11.2. The molecule has 7 nitrogen and oxygen atoms in total. The quantitative estimate of drug-likeness (QED) is 0.169. The van der Waals surface area contributed by atoms with Crippen LogP contribution in [0, 0.1) is 0 Å². The van der Waals surface area contributed by atoms with Crippen LogP contribution in [-0.4, -0.2) is 33.5 Å². The fraction of sp³-hybridized carbons (Fsp3) is 0.0645. The number of nitrogens with zero attached hydrogens (tertiary/aromatic N) is 3. The van der Waals surface area contributed by atoms with Crippen LogP contribution in [0.4, 0.5) is 0 Å². The molecule has 2 N–H and O–H groups in total. The first-order valence-electron chi connectivity index (χ1n) is 12.3. The molecule has 0 radical (unpaired) electrons. The maximum absolute atomic E-state index is 12.7. The molecule has 0 bridgehead atoms. The first-order valence-corrected chi connectivity index (χ1v) is 13.3. The number of methoxy groups -OCH3 is 1. The van der Waals surface area contributed by atoms with E-state index in [1.54, 1.807) is 7.11 Å². The van der Waals surface area contributed by atoms with Crippen molar-refractivity contribution in [1.82, 2.24) is 25.6 Å². The van der Waals surface area contributed by atoms with Crippen LogP contribution in [0.1, 0.15) is 5.56 Å². The van der Waals surface area contributed by atoms with Gasteiger partial charge in [0.2, 0.25) is 5.91 Å². The number of nitrogens with one attached hydrogen (secondary N) is 2. The van der Waals surface area contributed by atoms with Gasteiger partial charge >= 0.3 is 0 Å². The summed E-state index contributed by atoms with van der Waals surface area (Å²) in [6.07, 6.45) is 0. The van der Waals surface area contributed by atoms with E-state index in [1.807, 2.05) is 102 Å². The van der Waals surface area contributed by atoms with Crippen LogP contribution >= 0.6 is 11.8 Å². The lowest BCUT2D eigenvalue weighted by atomic mass is 10.0. The topological polar surface area (TPSA) is 81.1 Å². The van der Waals surface area contributed by atoms with Gasteiger partial charge in [-0.05, 0) is 41.0 Å². The van der Waals surface area contributed by atoms with Crippen LogP contribution in [0.3, 0.4) is 0 Å². The van der Waals surface area contributed by atoms with Crippen molar-refractivity contribution in [3.05, 3.63) is 121 Å². The van der Waals surface area contributed by atoms with E-state index in [-0.39, 0.29) is 11.7 Å². The molecule has 0 aliphatic rings. The molecule has 0 saturated heterocycles. The zero-order valence-corrected chi connectivity index (χ0v) is 22.2. The molecule has 1 aromatic heterocycles. The Morgan fingerprint density at radius 3 is 2.05 bits per heavy atom. The molecule has 0 fully saturated rings. The Kier molecular flexibility index (Phi) is 8.04. The molecule has 0 spiro atoms. The number of ether oxygens (including phenoxy) is 1. The molecule has 0 atom stereocenters. The molecule has 5 rings (SSSR count). The number of hydrazine groups is 1. The summed E-state index contributed by atoms with van der Waals surface area (Å²) >= 11 is 1.30. The van der Waals surface area contributed by atoms with Crippen molar-refractivity contribution in [1.29, 1.82) is 0 Å². The normalized spacial score (nSPS) is 10.6. The van der Waals surface area contributed by atoms with Crippen molar-refractivity contribution in [2.45, 2.75) is 5.16 Å². The summed E-state index contributed by atoms with van der Waals surface area (Å²) in [5.74, 6) is 1.36. The average molecular weight is 534 g/mol. The molecule has 1 heterocycles. The van der Waals surface area contributed by atoms with E-state index in [9.17, 15) is 4.79 Å². The lowest BCUT2D eigenvalue weighted by Gasteiger charge is -2.13. The number of amides is 1. The van der Waals surface area contributed by atoms with Crippen molar-refractivity contribution in [3.8, 4) is 34.0 Å². The molecule has 0 aliphatic heterocycles. The number of rotatable bonds is 10. The standard InChI is InChI=1S/C31H27N5O2S/c1-22(23-13-15-25(16-14-23)24-9-5-3-6-10-24)32-33-29(37)21-39-31-35-34-30(26-11-7-4-8-12-26)36(31)27-17-19-28(38-2)20-18-27/h3-20,32H,1,21H2,2H3,(H,33,37). The fourth-order valence-electron chi connectivity index (χ4n) is 3.98. The lowest BCUT2D eigenvalue weighted by molar-refractivity contribution is -0.119. The third-order valence-corrected chi connectivity index (χ3v) is 6.95. The lowest BCUT2D eigenvalue weighted by Crippen LogP contribution is -2.37. The van der Waals surface area contributed by atoms with Gasteiger partial charge in [0.1, 0.15) is 5.75 Å². The summed E-state index contributed by atoms with van der Waals surface area (Å²) in [6.45, 7) is 4.05. The van der Waals surface area contributed by atoms with Gasteiger partial charge in [0.05, 0.1) is 18.6 Å². The van der Waals surface area contributed by atoms with Crippen LogP contribution in [-0.2, 0) is 4.79 Å².